The molecule has 0 aliphatic carbocycles. The van der Waals surface area contributed by atoms with E-state index in [1.807, 2.05) is 19.2 Å². The highest BCUT2D eigenvalue weighted by Gasteiger charge is 2.25. The second-order valence-corrected chi connectivity index (χ2v) is 6.50. The zero-order chi connectivity index (χ0) is 16.3. The van der Waals surface area contributed by atoms with Gasteiger partial charge in [0.2, 0.25) is 0 Å². The van der Waals surface area contributed by atoms with E-state index in [9.17, 15) is 4.79 Å². The van der Waals surface area contributed by atoms with Gasteiger partial charge in [0, 0.05) is 24.7 Å². The summed E-state index contributed by atoms with van der Waals surface area (Å²) < 4.78 is 0. The summed E-state index contributed by atoms with van der Waals surface area (Å²) >= 11 is 0. The van der Waals surface area contributed by atoms with Crippen molar-refractivity contribution >= 4 is 11.6 Å². The van der Waals surface area contributed by atoms with Gasteiger partial charge in [0.25, 0.3) is 5.91 Å². The van der Waals surface area contributed by atoms with Crippen molar-refractivity contribution < 1.29 is 4.79 Å². The zero-order valence-corrected chi connectivity index (χ0v) is 13.8. The van der Waals surface area contributed by atoms with Gasteiger partial charge in [-0.15, -0.1) is 0 Å². The lowest BCUT2D eigenvalue weighted by molar-refractivity contribution is 0.0769. The number of para-hydroxylation sites is 1. The van der Waals surface area contributed by atoms with Crippen molar-refractivity contribution in [2.45, 2.75) is 26.2 Å². The molecule has 2 N–H and O–H groups in total. The predicted octanol–water partition coefficient (Wildman–Crippen LogP) is 3.63. The minimum Gasteiger partial charge on any atom is -0.398 e. The first kappa shape index (κ1) is 16.1. The highest BCUT2D eigenvalue weighted by Crippen LogP contribution is 2.25. The van der Waals surface area contributed by atoms with E-state index in [2.05, 4.69) is 45.0 Å². The van der Waals surface area contributed by atoms with Gasteiger partial charge in [0.05, 0.1) is 5.56 Å². The first-order valence-corrected chi connectivity index (χ1v) is 7.48. The average molecular weight is 296 g/mol. The van der Waals surface area contributed by atoms with E-state index in [1.54, 1.807) is 17.0 Å². The quantitative estimate of drug-likeness (QED) is 0.876. The number of likely N-dealkylation sites (N-methyl/N-ethyl adjacent to an activating group) is 1. The van der Waals surface area contributed by atoms with E-state index >= 15 is 0 Å². The topological polar surface area (TPSA) is 46.3 Å². The molecule has 2 aromatic rings. The van der Waals surface area contributed by atoms with Crippen LogP contribution in [0.25, 0.3) is 0 Å². The van der Waals surface area contributed by atoms with Gasteiger partial charge in [-0.25, -0.2) is 0 Å². The number of hydrogen-bond acceptors (Lipinski definition) is 2. The molecule has 0 radical (unpaired) electrons. The Bertz CT molecular complexity index is 659. The Balaban J connectivity index is 2.17. The molecule has 0 saturated heterocycles. The molecule has 0 atom stereocenters. The molecule has 0 aliphatic heterocycles. The number of carbonyl (C=O) groups is 1. The lowest BCUT2D eigenvalue weighted by Crippen LogP contribution is -2.38. The second-order valence-electron chi connectivity index (χ2n) is 6.50. The summed E-state index contributed by atoms with van der Waals surface area (Å²) in [5.41, 5.74) is 9.32. The first-order valence-electron chi connectivity index (χ1n) is 7.48. The minimum atomic E-state index is -0.123. The second kappa shape index (κ2) is 6.22. The van der Waals surface area contributed by atoms with Crippen LogP contribution < -0.4 is 5.73 Å². The third-order valence-corrected chi connectivity index (χ3v) is 4.00. The molecule has 0 heterocycles. The number of amides is 1. The van der Waals surface area contributed by atoms with Gasteiger partial charge in [-0.2, -0.15) is 0 Å². The van der Waals surface area contributed by atoms with Crippen LogP contribution in [0.15, 0.2) is 48.5 Å². The van der Waals surface area contributed by atoms with Crippen molar-refractivity contribution in [3.63, 3.8) is 0 Å². The third-order valence-electron chi connectivity index (χ3n) is 4.00. The van der Waals surface area contributed by atoms with Crippen molar-refractivity contribution in [1.82, 2.24) is 4.90 Å². The van der Waals surface area contributed by atoms with Gasteiger partial charge >= 0.3 is 0 Å². The van der Waals surface area contributed by atoms with Crippen LogP contribution in [-0.4, -0.2) is 24.4 Å². The average Bonchev–Trinajstić information content (AvgIpc) is 2.47. The summed E-state index contributed by atoms with van der Waals surface area (Å²) in [7, 11) is 1.82. The molecule has 0 saturated carbocycles. The molecule has 22 heavy (non-hydrogen) atoms. The SMILES string of the molecule is Cc1ccc(C(C)(C)CN(C)C(=O)c2ccccc2N)cc1. The van der Waals surface area contributed by atoms with Gasteiger partial charge in [-0.05, 0) is 24.6 Å². The molecule has 0 spiro atoms. The van der Waals surface area contributed by atoms with Gasteiger partial charge < -0.3 is 10.6 Å². The normalized spacial score (nSPS) is 11.3. The van der Waals surface area contributed by atoms with Crippen LogP contribution >= 0.6 is 0 Å². The van der Waals surface area contributed by atoms with E-state index < -0.39 is 0 Å². The number of aryl methyl sites for hydroxylation is 1. The first-order chi connectivity index (χ1) is 10.3. The van der Waals surface area contributed by atoms with E-state index in [0.717, 1.165) is 0 Å². The summed E-state index contributed by atoms with van der Waals surface area (Å²) in [6.07, 6.45) is 0. The molecule has 1 amide bonds. The third kappa shape index (κ3) is 3.48. The minimum absolute atomic E-state index is 0.0433. The van der Waals surface area contributed by atoms with E-state index in [1.165, 1.54) is 11.1 Å². The fraction of sp³-hybridized carbons (Fsp3) is 0.316. The van der Waals surface area contributed by atoms with Crippen LogP contribution in [0.3, 0.4) is 0 Å². The Morgan fingerprint density at radius 3 is 2.27 bits per heavy atom. The Kier molecular flexibility index (Phi) is 4.55. The molecule has 0 aliphatic rings. The van der Waals surface area contributed by atoms with Crippen molar-refractivity contribution in [3.05, 3.63) is 65.2 Å². The van der Waals surface area contributed by atoms with Gasteiger partial charge in [0.1, 0.15) is 0 Å². The number of nitrogens with zero attached hydrogens (tertiary/aromatic N) is 1. The van der Waals surface area contributed by atoms with Crippen molar-refractivity contribution in [2.24, 2.45) is 0 Å². The molecule has 0 aromatic heterocycles. The fourth-order valence-corrected chi connectivity index (χ4v) is 2.66. The maximum atomic E-state index is 12.6. The summed E-state index contributed by atoms with van der Waals surface area (Å²) in [5.74, 6) is -0.0433. The molecule has 116 valence electrons. The molecule has 2 aromatic carbocycles. The molecular weight excluding hydrogens is 272 g/mol. The number of nitrogens with two attached hydrogens (primary N) is 1. The number of hydrogen-bond donors (Lipinski definition) is 1. The summed E-state index contributed by atoms with van der Waals surface area (Å²) in [5, 5.41) is 0. The van der Waals surface area contributed by atoms with Crippen molar-refractivity contribution in [1.29, 1.82) is 0 Å². The summed E-state index contributed by atoms with van der Waals surface area (Å²) in [6.45, 7) is 7.00. The van der Waals surface area contributed by atoms with Crippen LogP contribution in [0.5, 0.6) is 0 Å². The Morgan fingerprint density at radius 2 is 1.68 bits per heavy atom. The highest BCUT2D eigenvalue weighted by molar-refractivity contribution is 5.99. The smallest absolute Gasteiger partial charge is 0.255 e. The van der Waals surface area contributed by atoms with E-state index in [4.69, 9.17) is 5.73 Å². The molecule has 2 rings (SSSR count). The number of carbonyl (C=O) groups excluding carboxylic acids is 1. The van der Waals surface area contributed by atoms with E-state index in [0.29, 0.717) is 17.8 Å². The maximum Gasteiger partial charge on any atom is 0.255 e. The molecule has 3 heteroatoms. The molecular formula is C19H24N2O. The van der Waals surface area contributed by atoms with Crippen molar-refractivity contribution in [2.75, 3.05) is 19.3 Å². The van der Waals surface area contributed by atoms with Crippen LogP contribution in [-0.2, 0) is 5.41 Å². The van der Waals surface area contributed by atoms with Gasteiger partial charge in [-0.3, -0.25) is 4.79 Å². The predicted molar refractivity (Wildman–Crippen MR) is 92.0 cm³/mol. The van der Waals surface area contributed by atoms with Crippen LogP contribution in [0, 0.1) is 6.92 Å². The summed E-state index contributed by atoms with van der Waals surface area (Å²) in [4.78, 5) is 14.3. The molecule has 0 bridgehead atoms. The van der Waals surface area contributed by atoms with E-state index in [-0.39, 0.29) is 11.3 Å². The lowest BCUT2D eigenvalue weighted by atomic mass is 9.83. The number of benzene rings is 2. The monoisotopic (exact) mass is 296 g/mol. The number of rotatable bonds is 4. The maximum absolute atomic E-state index is 12.6. The summed E-state index contributed by atoms with van der Waals surface area (Å²) in [6, 6.07) is 15.7. The standard InChI is InChI=1S/C19H24N2O/c1-14-9-11-15(12-10-14)19(2,3)13-21(4)18(22)16-7-5-6-8-17(16)20/h5-12H,13,20H2,1-4H3. The number of nitrogen functional groups attached to an aromatic ring is 1. The van der Waals surface area contributed by atoms with Crippen LogP contribution in [0.2, 0.25) is 0 Å². The molecule has 0 unspecified atom stereocenters. The Morgan fingerprint density at radius 1 is 1.09 bits per heavy atom. The van der Waals surface area contributed by atoms with Crippen molar-refractivity contribution in [3.8, 4) is 0 Å². The Labute approximate surface area is 132 Å². The van der Waals surface area contributed by atoms with Gasteiger partial charge in [0.15, 0.2) is 0 Å². The van der Waals surface area contributed by atoms with Crippen LogP contribution in [0.4, 0.5) is 5.69 Å². The number of anilines is 1. The Hall–Kier alpha value is -2.29. The zero-order valence-electron chi connectivity index (χ0n) is 13.8. The largest absolute Gasteiger partial charge is 0.398 e. The fourth-order valence-electron chi connectivity index (χ4n) is 2.66. The lowest BCUT2D eigenvalue weighted by Gasteiger charge is -2.31. The van der Waals surface area contributed by atoms with Gasteiger partial charge in [-0.1, -0.05) is 55.8 Å². The van der Waals surface area contributed by atoms with Crippen LogP contribution in [0.1, 0.15) is 35.3 Å². The highest BCUT2D eigenvalue weighted by atomic mass is 16.2. The molecule has 0 fully saturated rings. The molecule has 3 nitrogen and oxygen atoms in total.